The maximum atomic E-state index is 11.4. The third-order valence-corrected chi connectivity index (χ3v) is 3.55. The Hall–Kier alpha value is -0.790. The zero-order valence-corrected chi connectivity index (χ0v) is 13.8. The molecule has 0 amide bonds. The molecule has 0 aromatic carbocycles. The van der Waals surface area contributed by atoms with Crippen LogP contribution in [0.2, 0.25) is 0 Å². The first-order valence-electron chi connectivity index (χ1n) is 8.55. The van der Waals surface area contributed by atoms with Gasteiger partial charge in [0.05, 0.1) is 6.10 Å². The van der Waals surface area contributed by atoms with Gasteiger partial charge >= 0.3 is 5.97 Å². The summed E-state index contributed by atoms with van der Waals surface area (Å²) in [5.74, 6) is -0.0363. The zero-order chi connectivity index (χ0) is 15.1. The average molecular weight is 282 g/mol. The Morgan fingerprint density at radius 2 is 1.55 bits per heavy atom. The van der Waals surface area contributed by atoms with E-state index in [0.29, 0.717) is 6.42 Å². The number of rotatable bonds is 13. The van der Waals surface area contributed by atoms with Gasteiger partial charge in [-0.05, 0) is 45.4 Å². The van der Waals surface area contributed by atoms with E-state index in [0.717, 1.165) is 25.7 Å². The van der Waals surface area contributed by atoms with Crippen LogP contribution in [0.4, 0.5) is 0 Å². The third kappa shape index (κ3) is 13.6. The van der Waals surface area contributed by atoms with Gasteiger partial charge in [-0.15, -0.1) is 0 Å². The van der Waals surface area contributed by atoms with Gasteiger partial charge in [-0.1, -0.05) is 51.7 Å². The highest BCUT2D eigenvalue weighted by atomic mass is 16.5. The van der Waals surface area contributed by atoms with Gasteiger partial charge in [-0.2, -0.15) is 0 Å². The molecule has 0 heterocycles. The molecular weight excluding hydrogens is 248 g/mol. The fourth-order valence-corrected chi connectivity index (χ4v) is 2.00. The van der Waals surface area contributed by atoms with Gasteiger partial charge in [0.25, 0.3) is 0 Å². The van der Waals surface area contributed by atoms with Crippen molar-refractivity contribution >= 4 is 5.97 Å². The summed E-state index contributed by atoms with van der Waals surface area (Å²) >= 11 is 0. The van der Waals surface area contributed by atoms with E-state index in [1.807, 2.05) is 13.8 Å². The van der Waals surface area contributed by atoms with Crippen molar-refractivity contribution in [2.24, 2.45) is 0 Å². The fourth-order valence-electron chi connectivity index (χ4n) is 2.00. The summed E-state index contributed by atoms with van der Waals surface area (Å²) in [5, 5.41) is 0. The van der Waals surface area contributed by atoms with E-state index in [-0.39, 0.29) is 12.1 Å². The Balaban J connectivity index is 3.27. The standard InChI is InChI=1S/C18H34O2/c1-4-6-7-8-9-10-11-12-13-14-15-16-18(19)20-17(3)5-2/h10-11,17H,4-9,12-16H2,1-3H3/b11-10-. The van der Waals surface area contributed by atoms with E-state index in [2.05, 4.69) is 19.1 Å². The molecular formula is C18H34O2. The van der Waals surface area contributed by atoms with Crippen molar-refractivity contribution in [3.05, 3.63) is 12.2 Å². The minimum absolute atomic E-state index is 0.0363. The second kappa shape index (κ2) is 14.6. The van der Waals surface area contributed by atoms with E-state index < -0.39 is 0 Å². The first-order valence-corrected chi connectivity index (χ1v) is 8.55. The average Bonchev–Trinajstić information content (AvgIpc) is 2.44. The highest BCUT2D eigenvalue weighted by molar-refractivity contribution is 5.69. The van der Waals surface area contributed by atoms with E-state index in [1.165, 1.54) is 38.5 Å². The fraction of sp³-hybridized carbons (Fsp3) is 0.833. The lowest BCUT2D eigenvalue weighted by molar-refractivity contribution is -0.148. The largest absolute Gasteiger partial charge is 0.463 e. The predicted octanol–water partition coefficient (Wildman–Crippen LogP) is 5.81. The van der Waals surface area contributed by atoms with Crippen LogP contribution in [0.5, 0.6) is 0 Å². The van der Waals surface area contributed by atoms with E-state index in [9.17, 15) is 4.79 Å². The first kappa shape index (κ1) is 19.2. The Morgan fingerprint density at radius 3 is 2.10 bits per heavy atom. The van der Waals surface area contributed by atoms with E-state index >= 15 is 0 Å². The van der Waals surface area contributed by atoms with E-state index in [4.69, 9.17) is 4.74 Å². The quantitative estimate of drug-likeness (QED) is 0.242. The van der Waals surface area contributed by atoms with Gasteiger partial charge in [0.2, 0.25) is 0 Å². The van der Waals surface area contributed by atoms with Crippen LogP contribution in [0.1, 0.15) is 91.4 Å². The Morgan fingerprint density at radius 1 is 0.950 bits per heavy atom. The van der Waals surface area contributed by atoms with Crippen molar-refractivity contribution in [3.63, 3.8) is 0 Å². The SMILES string of the molecule is CCCCCC/C=C\CCCCCC(=O)OC(C)CC. The lowest BCUT2D eigenvalue weighted by Gasteiger charge is -2.10. The van der Waals surface area contributed by atoms with Crippen molar-refractivity contribution in [1.29, 1.82) is 0 Å². The smallest absolute Gasteiger partial charge is 0.306 e. The number of unbranched alkanes of at least 4 members (excludes halogenated alkanes) is 7. The molecule has 0 spiro atoms. The second-order valence-electron chi connectivity index (χ2n) is 5.63. The molecule has 0 bridgehead atoms. The number of hydrogen-bond donors (Lipinski definition) is 0. The molecule has 0 radical (unpaired) electrons. The van der Waals surface area contributed by atoms with Gasteiger partial charge in [0.15, 0.2) is 0 Å². The molecule has 0 aliphatic heterocycles. The normalized spacial score (nSPS) is 12.8. The molecule has 20 heavy (non-hydrogen) atoms. The monoisotopic (exact) mass is 282 g/mol. The molecule has 0 saturated heterocycles. The lowest BCUT2D eigenvalue weighted by Crippen LogP contribution is -2.13. The minimum atomic E-state index is -0.0363. The molecule has 0 N–H and O–H groups in total. The number of carbonyl (C=O) groups is 1. The molecule has 0 aliphatic carbocycles. The van der Waals surface area contributed by atoms with Crippen molar-refractivity contribution in [2.75, 3.05) is 0 Å². The highest BCUT2D eigenvalue weighted by Gasteiger charge is 2.06. The molecule has 0 rings (SSSR count). The molecule has 118 valence electrons. The summed E-state index contributed by atoms with van der Waals surface area (Å²) in [6.07, 6.45) is 17.1. The van der Waals surface area contributed by atoms with Crippen molar-refractivity contribution in [2.45, 2.75) is 97.5 Å². The summed E-state index contributed by atoms with van der Waals surface area (Å²) in [6, 6.07) is 0. The molecule has 2 nitrogen and oxygen atoms in total. The zero-order valence-electron chi connectivity index (χ0n) is 13.8. The van der Waals surface area contributed by atoms with Crippen molar-refractivity contribution < 1.29 is 9.53 Å². The number of allylic oxidation sites excluding steroid dienone is 2. The molecule has 1 unspecified atom stereocenters. The number of hydrogen-bond acceptors (Lipinski definition) is 2. The van der Waals surface area contributed by atoms with Crippen LogP contribution in [0.25, 0.3) is 0 Å². The maximum absolute atomic E-state index is 11.4. The van der Waals surface area contributed by atoms with Gasteiger partial charge < -0.3 is 4.74 Å². The Labute approximate surface area is 126 Å². The summed E-state index contributed by atoms with van der Waals surface area (Å²) in [5.41, 5.74) is 0. The van der Waals surface area contributed by atoms with Crippen molar-refractivity contribution in [3.8, 4) is 0 Å². The number of ether oxygens (including phenoxy) is 1. The maximum Gasteiger partial charge on any atom is 0.306 e. The summed E-state index contributed by atoms with van der Waals surface area (Å²) in [7, 11) is 0. The second-order valence-corrected chi connectivity index (χ2v) is 5.63. The molecule has 1 atom stereocenters. The summed E-state index contributed by atoms with van der Waals surface area (Å²) in [4.78, 5) is 11.4. The van der Waals surface area contributed by atoms with Gasteiger partial charge in [-0.25, -0.2) is 0 Å². The van der Waals surface area contributed by atoms with Crippen LogP contribution >= 0.6 is 0 Å². The predicted molar refractivity (Wildman–Crippen MR) is 86.8 cm³/mol. The van der Waals surface area contributed by atoms with Crippen molar-refractivity contribution in [1.82, 2.24) is 0 Å². The molecule has 0 fully saturated rings. The van der Waals surface area contributed by atoms with Gasteiger partial charge in [0, 0.05) is 6.42 Å². The third-order valence-electron chi connectivity index (χ3n) is 3.55. The first-order chi connectivity index (χ1) is 9.70. The van der Waals surface area contributed by atoms with Crippen LogP contribution in [0.3, 0.4) is 0 Å². The minimum Gasteiger partial charge on any atom is -0.463 e. The van der Waals surface area contributed by atoms with Crippen LogP contribution in [0, 0.1) is 0 Å². The number of carbonyl (C=O) groups excluding carboxylic acids is 1. The summed E-state index contributed by atoms with van der Waals surface area (Å²) < 4.78 is 5.24. The Bertz CT molecular complexity index is 246. The van der Waals surface area contributed by atoms with E-state index in [1.54, 1.807) is 0 Å². The van der Waals surface area contributed by atoms with Gasteiger partial charge in [0.1, 0.15) is 0 Å². The van der Waals surface area contributed by atoms with Crippen LogP contribution in [0.15, 0.2) is 12.2 Å². The number of esters is 1. The summed E-state index contributed by atoms with van der Waals surface area (Å²) in [6.45, 7) is 6.23. The molecule has 0 aromatic heterocycles. The molecule has 0 saturated carbocycles. The highest BCUT2D eigenvalue weighted by Crippen LogP contribution is 2.08. The molecule has 2 heteroatoms. The van der Waals surface area contributed by atoms with Gasteiger partial charge in [-0.3, -0.25) is 4.79 Å². The Kier molecular flexibility index (Phi) is 14.0. The van der Waals surface area contributed by atoms with Crippen LogP contribution < -0.4 is 0 Å². The topological polar surface area (TPSA) is 26.3 Å². The van der Waals surface area contributed by atoms with Crippen LogP contribution in [-0.4, -0.2) is 12.1 Å². The lowest BCUT2D eigenvalue weighted by atomic mass is 10.1. The molecule has 0 aliphatic rings. The molecule has 0 aromatic rings. The van der Waals surface area contributed by atoms with Crippen LogP contribution in [-0.2, 0) is 9.53 Å².